The van der Waals surface area contributed by atoms with Crippen molar-refractivity contribution in [2.75, 3.05) is 0 Å². The highest BCUT2D eigenvalue weighted by molar-refractivity contribution is 6.32. The molecule has 86 valence electrons. The number of nitro groups is 1. The fourth-order valence-corrected chi connectivity index (χ4v) is 1.23. The molecule has 0 radical (unpaired) electrons. The van der Waals surface area contributed by atoms with Gasteiger partial charge in [-0.3, -0.25) is 0 Å². The van der Waals surface area contributed by atoms with Gasteiger partial charge in [0.2, 0.25) is 0 Å². The monoisotopic (exact) mass is 252 g/mol. The van der Waals surface area contributed by atoms with Crippen LogP contribution in [0.1, 0.15) is 22.5 Å². The first-order valence-corrected chi connectivity index (χ1v) is 4.08. The molecule has 0 atom stereocenters. The standard InChI is InChI=1S/C7H3ClF2N2O4/c8-2-1-3(7(13)14)11-6(12(15)16)4(2)5(9)10/h1,5H,(H,13,14). The molecule has 0 amide bonds. The van der Waals surface area contributed by atoms with Crippen molar-refractivity contribution in [1.82, 2.24) is 4.98 Å². The highest BCUT2D eigenvalue weighted by atomic mass is 35.5. The summed E-state index contributed by atoms with van der Waals surface area (Å²) in [6, 6.07) is 0.637. The van der Waals surface area contributed by atoms with E-state index in [1.165, 1.54) is 0 Å². The van der Waals surface area contributed by atoms with E-state index in [0.717, 1.165) is 0 Å². The number of halogens is 3. The lowest BCUT2D eigenvalue weighted by atomic mass is 10.2. The quantitative estimate of drug-likeness (QED) is 0.658. The van der Waals surface area contributed by atoms with E-state index < -0.39 is 39.4 Å². The SMILES string of the molecule is O=C(O)c1cc(Cl)c(C(F)F)c([N+](=O)[O-])n1. The van der Waals surface area contributed by atoms with E-state index in [0.29, 0.717) is 6.07 Å². The molecule has 1 rings (SSSR count). The Balaban J connectivity index is 3.52. The molecule has 0 bridgehead atoms. The van der Waals surface area contributed by atoms with Crippen LogP contribution in [0.4, 0.5) is 14.6 Å². The Bertz CT molecular complexity index is 466. The fraction of sp³-hybridized carbons (Fsp3) is 0.143. The maximum atomic E-state index is 12.4. The maximum Gasteiger partial charge on any atom is 0.380 e. The first-order valence-electron chi connectivity index (χ1n) is 3.71. The second-order valence-corrected chi connectivity index (χ2v) is 3.00. The van der Waals surface area contributed by atoms with Gasteiger partial charge in [0.05, 0.1) is 5.02 Å². The van der Waals surface area contributed by atoms with Crippen molar-refractivity contribution in [3.8, 4) is 0 Å². The van der Waals surface area contributed by atoms with Crippen molar-refractivity contribution >= 4 is 23.4 Å². The Labute approximate surface area is 91.6 Å². The average Bonchev–Trinajstić information content (AvgIpc) is 2.15. The lowest BCUT2D eigenvalue weighted by molar-refractivity contribution is -0.391. The van der Waals surface area contributed by atoms with Crippen LogP contribution in [0.15, 0.2) is 6.07 Å². The van der Waals surface area contributed by atoms with Crippen molar-refractivity contribution in [2.24, 2.45) is 0 Å². The largest absolute Gasteiger partial charge is 0.475 e. The fourth-order valence-electron chi connectivity index (χ4n) is 0.962. The van der Waals surface area contributed by atoms with Crippen LogP contribution >= 0.6 is 11.6 Å². The molecule has 1 aromatic rings. The second kappa shape index (κ2) is 4.35. The van der Waals surface area contributed by atoms with Gasteiger partial charge in [-0.15, -0.1) is 0 Å². The summed E-state index contributed by atoms with van der Waals surface area (Å²) >= 11 is 5.33. The number of hydrogen-bond donors (Lipinski definition) is 1. The van der Waals surface area contributed by atoms with Gasteiger partial charge >= 0.3 is 11.8 Å². The second-order valence-electron chi connectivity index (χ2n) is 2.59. The van der Waals surface area contributed by atoms with Gasteiger partial charge in [0.1, 0.15) is 5.56 Å². The predicted molar refractivity (Wildman–Crippen MR) is 47.8 cm³/mol. The van der Waals surface area contributed by atoms with Crippen LogP contribution in [0, 0.1) is 10.1 Å². The van der Waals surface area contributed by atoms with Gasteiger partial charge < -0.3 is 15.2 Å². The Morgan fingerprint density at radius 1 is 1.62 bits per heavy atom. The summed E-state index contributed by atoms with van der Waals surface area (Å²) in [6.45, 7) is 0. The lowest BCUT2D eigenvalue weighted by Crippen LogP contribution is -2.07. The molecule has 0 aromatic carbocycles. The molecule has 1 aromatic heterocycles. The molecule has 1 N–H and O–H groups in total. The number of nitrogens with zero attached hydrogens (tertiary/aromatic N) is 2. The molecule has 6 nitrogen and oxygen atoms in total. The van der Waals surface area contributed by atoms with E-state index >= 15 is 0 Å². The summed E-state index contributed by atoms with van der Waals surface area (Å²) < 4.78 is 24.8. The Kier molecular flexibility index (Phi) is 3.33. The first-order chi connectivity index (χ1) is 7.34. The third-order valence-corrected chi connectivity index (χ3v) is 1.91. The molecule has 0 spiro atoms. The van der Waals surface area contributed by atoms with Crippen molar-refractivity contribution in [3.05, 3.63) is 32.5 Å². The van der Waals surface area contributed by atoms with E-state index in [4.69, 9.17) is 16.7 Å². The minimum absolute atomic E-state index is 0.637. The number of carbonyl (C=O) groups is 1. The molecule has 9 heteroatoms. The van der Waals surface area contributed by atoms with Gasteiger partial charge in [0.25, 0.3) is 12.1 Å². The van der Waals surface area contributed by atoms with E-state index in [-0.39, 0.29) is 0 Å². The molecule has 0 aliphatic carbocycles. The number of carboxylic acids is 1. The molecule has 0 unspecified atom stereocenters. The van der Waals surface area contributed by atoms with Crippen LogP contribution in [0.3, 0.4) is 0 Å². The molecule has 0 saturated heterocycles. The zero-order valence-corrected chi connectivity index (χ0v) is 8.11. The van der Waals surface area contributed by atoms with Gasteiger partial charge in [0.15, 0.2) is 0 Å². The zero-order valence-electron chi connectivity index (χ0n) is 7.35. The van der Waals surface area contributed by atoms with Crippen LogP contribution in [0.25, 0.3) is 0 Å². The van der Waals surface area contributed by atoms with Crippen molar-refractivity contribution in [2.45, 2.75) is 6.43 Å². The van der Waals surface area contributed by atoms with Crippen molar-refractivity contribution in [1.29, 1.82) is 0 Å². The summed E-state index contributed by atoms with van der Waals surface area (Å²) in [5, 5.41) is 18.2. The van der Waals surface area contributed by atoms with Crippen molar-refractivity contribution < 1.29 is 23.6 Å². The minimum Gasteiger partial charge on any atom is -0.475 e. The summed E-state index contributed by atoms with van der Waals surface area (Å²) in [5.74, 6) is -2.84. The summed E-state index contributed by atoms with van der Waals surface area (Å²) in [6.07, 6.45) is -3.21. The topological polar surface area (TPSA) is 93.3 Å². The Morgan fingerprint density at radius 3 is 2.56 bits per heavy atom. The average molecular weight is 253 g/mol. The maximum absolute atomic E-state index is 12.4. The Morgan fingerprint density at radius 2 is 2.19 bits per heavy atom. The van der Waals surface area contributed by atoms with Gasteiger partial charge in [-0.1, -0.05) is 11.6 Å². The normalized spacial score (nSPS) is 10.5. The summed E-state index contributed by atoms with van der Waals surface area (Å²) in [7, 11) is 0. The highest BCUT2D eigenvalue weighted by Crippen LogP contribution is 2.34. The number of aromatic carboxylic acids is 1. The first kappa shape index (κ1) is 12.2. The van der Waals surface area contributed by atoms with Gasteiger partial charge in [-0.05, 0) is 9.91 Å². The van der Waals surface area contributed by atoms with E-state index in [1.807, 2.05) is 0 Å². The number of alkyl halides is 2. The smallest absolute Gasteiger partial charge is 0.380 e. The molecule has 16 heavy (non-hydrogen) atoms. The van der Waals surface area contributed by atoms with Crippen LogP contribution in [0.2, 0.25) is 5.02 Å². The molecule has 0 aliphatic heterocycles. The van der Waals surface area contributed by atoms with E-state index in [9.17, 15) is 23.7 Å². The van der Waals surface area contributed by atoms with Crippen molar-refractivity contribution in [3.63, 3.8) is 0 Å². The van der Waals surface area contributed by atoms with Gasteiger partial charge in [-0.25, -0.2) is 13.6 Å². The zero-order chi connectivity index (χ0) is 12.5. The molecular formula is C7H3ClF2N2O4. The number of carboxylic acid groups (broad SMARTS) is 1. The van der Waals surface area contributed by atoms with Gasteiger partial charge in [0, 0.05) is 6.07 Å². The Hall–Kier alpha value is -1.83. The third kappa shape index (κ3) is 2.22. The minimum atomic E-state index is -3.21. The van der Waals surface area contributed by atoms with Crippen LogP contribution in [-0.4, -0.2) is 21.0 Å². The number of hydrogen-bond acceptors (Lipinski definition) is 4. The summed E-state index contributed by atoms with van der Waals surface area (Å²) in [4.78, 5) is 22.7. The number of rotatable bonds is 3. The number of pyridine rings is 1. The van der Waals surface area contributed by atoms with E-state index in [2.05, 4.69) is 4.98 Å². The molecule has 0 saturated carbocycles. The van der Waals surface area contributed by atoms with Crippen LogP contribution in [0.5, 0.6) is 0 Å². The van der Waals surface area contributed by atoms with E-state index in [1.54, 1.807) is 0 Å². The lowest BCUT2D eigenvalue weighted by Gasteiger charge is -2.03. The third-order valence-electron chi connectivity index (χ3n) is 1.60. The summed E-state index contributed by atoms with van der Waals surface area (Å²) in [5.41, 5.74) is -1.85. The van der Waals surface area contributed by atoms with Crippen LogP contribution in [-0.2, 0) is 0 Å². The molecule has 0 fully saturated rings. The van der Waals surface area contributed by atoms with Gasteiger partial charge in [-0.2, -0.15) is 0 Å². The molecule has 0 aliphatic rings. The van der Waals surface area contributed by atoms with Crippen LogP contribution < -0.4 is 0 Å². The molecular weight excluding hydrogens is 250 g/mol. The molecule has 1 heterocycles. The highest BCUT2D eigenvalue weighted by Gasteiger charge is 2.30. The number of aromatic nitrogens is 1. The predicted octanol–water partition coefficient (Wildman–Crippen LogP) is 2.28.